The number of hydrogen-bond donors (Lipinski definition) is 2. The quantitative estimate of drug-likeness (QED) is 0.859. The molecular formula is C18H17ClN2O2S. The summed E-state index contributed by atoms with van der Waals surface area (Å²) in [5, 5.41) is 6.27. The first kappa shape index (κ1) is 16.9. The Morgan fingerprint density at radius 1 is 1.29 bits per heavy atom. The van der Waals surface area contributed by atoms with E-state index in [1.165, 1.54) is 11.8 Å². The van der Waals surface area contributed by atoms with Crippen LogP contribution in [0.1, 0.15) is 35.8 Å². The van der Waals surface area contributed by atoms with Gasteiger partial charge in [-0.15, -0.1) is 11.8 Å². The summed E-state index contributed by atoms with van der Waals surface area (Å²) in [5.74, 6) is -0.252. The van der Waals surface area contributed by atoms with Crippen molar-refractivity contribution in [2.75, 3.05) is 5.32 Å². The lowest BCUT2D eigenvalue weighted by molar-refractivity contribution is -0.115. The van der Waals surface area contributed by atoms with Crippen molar-refractivity contribution in [2.45, 2.75) is 30.0 Å². The molecule has 24 heavy (non-hydrogen) atoms. The summed E-state index contributed by atoms with van der Waals surface area (Å²) in [6, 6.07) is 12.6. The number of benzene rings is 2. The van der Waals surface area contributed by atoms with E-state index in [0.717, 1.165) is 10.5 Å². The summed E-state index contributed by atoms with van der Waals surface area (Å²) < 4.78 is 0. The standard InChI is InChI=1S/C18H17ClN2O2S/c1-10(13-5-3-4-6-14(13)19)20-18(23)12-7-8-16-15(9-12)21-17(22)11(2)24-16/h3-11H,1-2H3,(H,20,23)(H,21,22)/t10-,11-/m1/s1. The van der Waals surface area contributed by atoms with Crippen LogP contribution in [0.5, 0.6) is 0 Å². The summed E-state index contributed by atoms with van der Waals surface area (Å²) in [4.78, 5) is 25.3. The molecule has 2 N–H and O–H groups in total. The number of fused-ring (bicyclic) bond motifs is 1. The molecule has 0 saturated carbocycles. The molecule has 2 atom stereocenters. The van der Waals surface area contributed by atoms with Gasteiger partial charge in [0.15, 0.2) is 0 Å². The van der Waals surface area contributed by atoms with Crippen molar-refractivity contribution in [3.8, 4) is 0 Å². The Morgan fingerprint density at radius 2 is 2.04 bits per heavy atom. The second-order valence-corrected chi connectivity index (χ2v) is 7.47. The molecule has 1 aliphatic rings. The summed E-state index contributed by atoms with van der Waals surface area (Å²) in [7, 11) is 0. The van der Waals surface area contributed by atoms with Crippen LogP contribution in [-0.4, -0.2) is 17.1 Å². The van der Waals surface area contributed by atoms with Crippen molar-refractivity contribution in [1.29, 1.82) is 0 Å². The van der Waals surface area contributed by atoms with Crippen molar-refractivity contribution in [1.82, 2.24) is 5.32 Å². The van der Waals surface area contributed by atoms with E-state index in [0.29, 0.717) is 16.3 Å². The molecule has 0 radical (unpaired) electrons. The van der Waals surface area contributed by atoms with Gasteiger partial charge < -0.3 is 10.6 Å². The minimum absolute atomic E-state index is 0.0468. The van der Waals surface area contributed by atoms with Gasteiger partial charge in [-0.2, -0.15) is 0 Å². The number of rotatable bonds is 3. The predicted octanol–water partition coefficient (Wildman–Crippen LogP) is 4.26. The molecule has 3 rings (SSSR count). The average Bonchev–Trinajstić information content (AvgIpc) is 2.55. The number of carbonyl (C=O) groups excluding carboxylic acids is 2. The molecule has 1 heterocycles. The summed E-state index contributed by atoms with van der Waals surface area (Å²) in [6.07, 6.45) is 0. The maximum Gasteiger partial charge on any atom is 0.251 e. The Kier molecular flexibility index (Phi) is 4.83. The number of thioether (sulfide) groups is 1. The topological polar surface area (TPSA) is 58.2 Å². The first-order valence-electron chi connectivity index (χ1n) is 7.62. The zero-order valence-corrected chi connectivity index (χ0v) is 14.9. The van der Waals surface area contributed by atoms with E-state index in [4.69, 9.17) is 11.6 Å². The van der Waals surface area contributed by atoms with E-state index in [-0.39, 0.29) is 23.1 Å². The van der Waals surface area contributed by atoms with Gasteiger partial charge in [-0.1, -0.05) is 29.8 Å². The monoisotopic (exact) mass is 360 g/mol. The molecule has 0 bridgehead atoms. The van der Waals surface area contributed by atoms with Gasteiger partial charge in [0.05, 0.1) is 17.0 Å². The van der Waals surface area contributed by atoms with E-state index >= 15 is 0 Å². The summed E-state index contributed by atoms with van der Waals surface area (Å²) in [6.45, 7) is 3.74. The lowest BCUT2D eigenvalue weighted by Crippen LogP contribution is -2.28. The molecule has 0 aromatic heterocycles. The van der Waals surface area contributed by atoms with E-state index < -0.39 is 0 Å². The van der Waals surface area contributed by atoms with Crippen LogP contribution in [-0.2, 0) is 4.79 Å². The first-order valence-corrected chi connectivity index (χ1v) is 8.88. The molecule has 2 aromatic rings. The number of anilines is 1. The maximum absolute atomic E-state index is 12.5. The third kappa shape index (κ3) is 3.42. The van der Waals surface area contributed by atoms with E-state index in [1.54, 1.807) is 18.2 Å². The third-order valence-electron chi connectivity index (χ3n) is 3.89. The molecule has 1 aliphatic heterocycles. The van der Waals surface area contributed by atoms with Gasteiger partial charge in [0.25, 0.3) is 5.91 Å². The maximum atomic E-state index is 12.5. The molecule has 124 valence electrons. The van der Waals surface area contributed by atoms with Crippen LogP contribution in [0.15, 0.2) is 47.4 Å². The Hall–Kier alpha value is -1.98. The Balaban J connectivity index is 1.78. The fraction of sp³-hybridized carbons (Fsp3) is 0.222. The van der Waals surface area contributed by atoms with Crippen molar-refractivity contribution in [2.24, 2.45) is 0 Å². The zero-order chi connectivity index (χ0) is 17.3. The Bertz CT molecular complexity index is 809. The fourth-order valence-corrected chi connectivity index (χ4v) is 3.76. The van der Waals surface area contributed by atoms with Crippen LogP contribution in [0.2, 0.25) is 5.02 Å². The normalized spacial score (nSPS) is 17.6. The van der Waals surface area contributed by atoms with Crippen molar-refractivity contribution >= 4 is 40.9 Å². The molecule has 0 spiro atoms. The Labute approximate surface area is 150 Å². The molecule has 0 aliphatic carbocycles. The smallest absolute Gasteiger partial charge is 0.251 e. The predicted molar refractivity (Wildman–Crippen MR) is 97.7 cm³/mol. The van der Waals surface area contributed by atoms with E-state index in [1.807, 2.05) is 38.1 Å². The van der Waals surface area contributed by atoms with Gasteiger partial charge >= 0.3 is 0 Å². The summed E-state index contributed by atoms with van der Waals surface area (Å²) in [5.41, 5.74) is 2.05. The number of nitrogens with one attached hydrogen (secondary N) is 2. The highest BCUT2D eigenvalue weighted by Gasteiger charge is 2.24. The van der Waals surface area contributed by atoms with Gasteiger partial charge in [-0.25, -0.2) is 0 Å². The minimum Gasteiger partial charge on any atom is -0.345 e. The number of halogens is 1. The molecule has 4 nitrogen and oxygen atoms in total. The van der Waals surface area contributed by atoms with Crippen molar-refractivity contribution in [3.63, 3.8) is 0 Å². The lowest BCUT2D eigenvalue weighted by atomic mass is 10.1. The average molecular weight is 361 g/mol. The van der Waals surface area contributed by atoms with Crippen LogP contribution in [0, 0.1) is 0 Å². The molecule has 2 aromatic carbocycles. The fourth-order valence-electron chi connectivity index (χ4n) is 2.53. The van der Waals surface area contributed by atoms with Gasteiger partial charge in [-0.05, 0) is 43.7 Å². The van der Waals surface area contributed by atoms with Gasteiger partial charge in [0.1, 0.15) is 0 Å². The van der Waals surface area contributed by atoms with Crippen LogP contribution in [0.25, 0.3) is 0 Å². The molecule has 0 saturated heterocycles. The van der Waals surface area contributed by atoms with Crippen LogP contribution in [0.4, 0.5) is 5.69 Å². The van der Waals surface area contributed by atoms with Crippen molar-refractivity contribution in [3.05, 3.63) is 58.6 Å². The molecule has 0 unspecified atom stereocenters. The van der Waals surface area contributed by atoms with Crippen LogP contribution < -0.4 is 10.6 Å². The van der Waals surface area contributed by atoms with Crippen LogP contribution >= 0.6 is 23.4 Å². The number of amides is 2. The SMILES string of the molecule is C[C@H]1Sc2ccc(C(=O)N[C@H](C)c3ccccc3Cl)cc2NC1=O. The van der Waals surface area contributed by atoms with E-state index in [9.17, 15) is 9.59 Å². The number of carbonyl (C=O) groups is 2. The highest BCUT2D eigenvalue weighted by atomic mass is 35.5. The lowest BCUT2D eigenvalue weighted by Gasteiger charge is -2.22. The second kappa shape index (κ2) is 6.87. The highest BCUT2D eigenvalue weighted by molar-refractivity contribution is 8.00. The summed E-state index contributed by atoms with van der Waals surface area (Å²) >= 11 is 7.66. The van der Waals surface area contributed by atoms with Gasteiger partial charge in [0.2, 0.25) is 5.91 Å². The molecule has 2 amide bonds. The number of hydrogen-bond acceptors (Lipinski definition) is 3. The largest absolute Gasteiger partial charge is 0.345 e. The van der Waals surface area contributed by atoms with Crippen molar-refractivity contribution < 1.29 is 9.59 Å². The van der Waals surface area contributed by atoms with Gasteiger partial charge in [0, 0.05) is 15.5 Å². The van der Waals surface area contributed by atoms with E-state index in [2.05, 4.69) is 10.6 Å². The third-order valence-corrected chi connectivity index (χ3v) is 5.41. The van der Waals surface area contributed by atoms with Crippen LogP contribution in [0.3, 0.4) is 0 Å². The van der Waals surface area contributed by atoms with Gasteiger partial charge in [-0.3, -0.25) is 9.59 Å². The minimum atomic E-state index is -0.216. The molecular weight excluding hydrogens is 344 g/mol. The first-order chi connectivity index (χ1) is 11.5. The zero-order valence-electron chi connectivity index (χ0n) is 13.3. The molecule has 6 heteroatoms. The highest BCUT2D eigenvalue weighted by Crippen LogP contribution is 2.36. The Morgan fingerprint density at radius 3 is 2.79 bits per heavy atom. The molecule has 0 fully saturated rings. The second-order valence-electron chi connectivity index (χ2n) is 5.68.